The van der Waals surface area contributed by atoms with Gasteiger partial charge in [-0.1, -0.05) is 109 Å². The summed E-state index contributed by atoms with van der Waals surface area (Å²) in [4.78, 5) is 3.69. The number of rotatable bonds is 5. The molecule has 8 heteroatoms. The Kier molecular flexibility index (Phi) is 5.70. The van der Waals surface area contributed by atoms with Gasteiger partial charge in [-0.2, -0.15) is 0 Å². The Balaban J connectivity index is 1.57. The van der Waals surface area contributed by atoms with Crippen LogP contribution in [0.2, 0.25) is 0 Å². The topological polar surface area (TPSA) is 46.9 Å². The number of thioether (sulfide) groups is 2. The largest absolute Gasteiger partial charge is 0.366 e. The van der Waals surface area contributed by atoms with E-state index in [4.69, 9.17) is 24.4 Å². The van der Waals surface area contributed by atoms with Gasteiger partial charge in [0.2, 0.25) is 0 Å². The van der Waals surface area contributed by atoms with Crippen LogP contribution in [0.3, 0.4) is 0 Å². The van der Waals surface area contributed by atoms with Crippen molar-refractivity contribution in [3.8, 4) is 0 Å². The van der Waals surface area contributed by atoms with Gasteiger partial charge in [0.15, 0.2) is 11.4 Å². The predicted molar refractivity (Wildman–Crippen MR) is 124 cm³/mol. The normalized spacial score (nSPS) is 27.6. The Morgan fingerprint density at radius 1 is 0.714 bits per heavy atom. The summed E-state index contributed by atoms with van der Waals surface area (Å²) in [6, 6.07) is 19.2. The number of hydrogen-bond acceptors (Lipinski definition) is 6. The third-order valence-electron chi connectivity index (χ3n) is 5.15. The lowest BCUT2D eigenvalue weighted by Gasteiger charge is -2.39. The van der Waals surface area contributed by atoms with Crippen molar-refractivity contribution < 1.29 is 10.2 Å². The Labute approximate surface area is 183 Å². The molecule has 2 aliphatic rings. The van der Waals surface area contributed by atoms with Crippen molar-refractivity contribution in [2.75, 3.05) is 24.6 Å². The second-order valence-electron chi connectivity index (χ2n) is 6.78. The van der Waals surface area contributed by atoms with Gasteiger partial charge < -0.3 is 20.0 Å². The highest BCUT2D eigenvalue weighted by molar-refractivity contribution is 8.23. The van der Waals surface area contributed by atoms with E-state index < -0.39 is 11.4 Å². The Bertz CT molecular complexity index is 809. The van der Waals surface area contributed by atoms with E-state index in [9.17, 15) is 10.2 Å². The lowest BCUT2D eigenvalue weighted by atomic mass is 10.0. The zero-order valence-corrected chi connectivity index (χ0v) is 18.3. The van der Waals surface area contributed by atoms with Gasteiger partial charge in [0.05, 0.1) is 11.5 Å². The van der Waals surface area contributed by atoms with Gasteiger partial charge in [-0.3, -0.25) is 0 Å². The van der Waals surface area contributed by atoms with Crippen molar-refractivity contribution in [3.05, 3.63) is 71.8 Å². The molecule has 2 atom stereocenters. The molecule has 2 fully saturated rings. The van der Waals surface area contributed by atoms with E-state index in [-0.39, 0.29) is 0 Å². The zero-order valence-electron chi connectivity index (χ0n) is 15.0. The van der Waals surface area contributed by atoms with Crippen molar-refractivity contribution in [2.45, 2.75) is 11.4 Å². The lowest BCUT2D eigenvalue weighted by molar-refractivity contribution is -0.0718. The maximum atomic E-state index is 11.4. The number of nitrogens with zero attached hydrogens (tertiary/aromatic N) is 2. The summed E-state index contributed by atoms with van der Waals surface area (Å²) in [7, 11) is 0. The average Bonchev–Trinajstić information content (AvgIpc) is 3.19. The zero-order chi connectivity index (χ0) is 19.8. The van der Waals surface area contributed by atoms with Crippen LogP contribution in [0, 0.1) is 0 Å². The first-order valence-electron chi connectivity index (χ1n) is 8.90. The van der Waals surface area contributed by atoms with Crippen LogP contribution >= 0.6 is 48.0 Å². The third kappa shape index (κ3) is 3.46. The SMILES string of the molecule is OC1(c2ccccc2)CSC(=S)N1CCN1C(=S)SCC1(O)c1ccccc1. The molecule has 2 unspecified atom stereocenters. The molecule has 0 amide bonds. The summed E-state index contributed by atoms with van der Waals surface area (Å²) >= 11 is 14.0. The molecule has 2 N–H and O–H groups in total. The minimum Gasteiger partial charge on any atom is -0.366 e. The van der Waals surface area contributed by atoms with Crippen molar-refractivity contribution >= 4 is 56.6 Å². The molecule has 0 saturated carbocycles. The van der Waals surface area contributed by atoms with Crippen LogP contribution in [0.25, 0.3) is 0 Å². The molecule has 2 aromatic carbocycles. The number of benzene rings is 2. The van der Waals surface area contributed by atoms with E-state index in [2.05, 4.69) is 0 Å². The molecular formula is C20H20N2O2S4. The van der Waals surface area contributed by atoms with E-state index in [1.165, 1.54) is 23.5 Å². The quantitative estimate of drug-likeness (QED) is 0.676. The highest BCUT2D eigenvalue weighted by atomic mass is 32.2. The molecule has 4 rings (SSSR count). The maximum Gasteiger partial charge on any atom is 0.175 e. The number of hydrogen-bond donors (Lipinski definition) is 2. The van der Waals surface area contributed by atoms with Crippen LogP contribution in [0.1, 0.15) is 11.1 Å². The fourth-order valence-corrected chi connectivity index (χ4v) is 6.51. The molecular weight excluding hydrogens is 429 g/mol. The first-order valence-corrected chi connectivity index (χ1v) is 11.7. The second kappa shape index (κ2) is 7.93. The van der Waals surface area contributed by atoms with Gasteiger partial charge >= 0.3 is 0 Å². The van der Waals surface area contributed by atoms with Crippen LogP contribution in [0.4, 0.5) is 0 Å². The Morgan fingerprint density at radius 2 is 1.07 bits per heavy atom. The second-order valence-corrected chi connectivity index (χ2v) is 10.00. The molecule has 0 aromatic heterocycles. The standard InChI is InChI=1S/C20H20N2O2S4/c23-19(15-7-3-1-4-8-15)13-27-17(25)21(19)11-12-22-18(26)28-14-20(22,24)16-9-5-2-6-10-16/h1-10,23-24H,11-14H2. The smallest absolute Gasteiger partial charge is 0.175 e. The van der Waals surface area contributed by atoms with Crippen LogP contribution in [0.5, 0.6) is 0 Å². The van der Waals surface area contributed by atoms with Gasteiger partial charge in [0, 0.05) is 24.2 Å². The van der Waals surface area contributed by atoms with Crippen LogP contribution in [-0.4, -0.2) is 53.2 Å². The summed E-state index contributed by atoms with van der Waals surface area (Å²) < 4.78 is 1.32. The fraction of sp³-hybridized carbons (Fsp3) is 0.300. The van der Waals surface area contributed by atoms with Crippen molar-refractivity contribution in [3.63, 3.8) is 0 Å². The Morgan fingerprint density at radius 3 is 1.43 bits per heavy atom. The molecule has 2 aliphatic heterocycles. The van der Waals surface area contributed by atoms with Gasteiger partial charge in [-0.15, -0.1) is 0 Å². The number of aliphatic hydroxyl groups is 2. The highest BCUT2D eigenvalue weighted by Gasteiger charge is 2.47. The lowest BCUT2D eigenvalue weighted by Crippen LogP contribution is -2.51. The number of thiocarbonyl (C=S) groups is 2. The van der Waals surface area contributed by atoms with Crippen LogP contribution in [-0.2, 0) is 11.4 Å². The molecule has 4 nitrogen and oxygen atoms in total. The summed E-state index contributed by atoms with van der Waals surface area (Å²) in [6.45, 7) is 0.931. The maximum absolute atomic E-state index is 11.4. The van der Waals surface area contributed by atoms with E-state index in [1.807, 2.05) is 70.5 Å². The van der Waals surface area contributed by atoms with E-state index in [1.54, 1.807) is 0 Å². The molecule has 2 aromatic rings. The van der Waals surface area contributed by atoms with E-state index in [0.29, 0.717) is 33.2 Å². The summed E-state index contributed by atoms with van der Waals surface area (Å²) in [5, 5.41) is 22.8. The molecule has 0 radical (unpaired) electrons. The summed E-state index contributed by atoms with van der Waals surface area (Å²) in [5.74, 6) is 0.968. The Hall–Kier alpha value is -1.16. The molecule has 0 bridgehead atoms. The first-order chi connectivity index (χ1) is 13.4. The van der Waals surface area contributed by atoms with Gasteiger partial charge in [0.1, 0.15) is 8.64 Å². The minimum atomic E-state index is -1.15. The van der Waals surface area contributed by atoms with Crippen LogP contribution in [0.15, 0.2) is 60.7 Å². The fourth-order valence-electron chi connectivity index (χ4n) is 3.58. The van der Waals surface area contributed by atoms with Crippen LogP contribution < -0.4 is 0 Å². The molecule has 2 heterocycles. The molecule has 28 heavy (non-hydrogen) atoms. The molecule has 2 saturated heterocycles. The van der Waals surface area contributed by atoms with E-state index >= 15 is 0 Å². The van der Waals surface area contributed by atoms with Gasteiger partial charge in [0.25, 0.3) is 0 Å². The predicted octanol–water partition coefficient (Wildman–Crippen LogP) is 3.34. The molecule has 0 aliphatic carbocycles. The van der Waals surface area contributed by atoms with Gasteiger partial charge in [-0.05, 0) is 0 Å². The monoisotopic (exact) mass is 448 g/mol. The molecule has 0 spiro atoms. The summed E-state index contributed by atoms with van der Waals surface area (Å²) in [6.07, 6.45) is 0. The van der Waals surface area contributed by atoms with Gasteiger partial charge in [-0.25, -0.2) is 0 Å². The van der Waals surface area contributed by atoms with E-state index in [0.717, 1.165) is 11.1 Å². The minimum absolute atomic E-state index is 0.465. The highest BCUT2D eigenvalue weighted by Crippen LogP contribution is 2.41. The average molecular weight is 449 g/mol. The first kappa shape index (κ1) is 20.1. The third-order valence-corrected chi connectivity index (χ3v) is 8.32. The van der Waals surface area contributed by atoms with Crippen molar-refractivity contribution in [1.29, 1.82) is 0 Å². The summed E-state index contributed by atoms with van der Waals surface area (Å²) in [5.41, 5.74) is -0.664. The van der Waals surface area contributed by atoms with Crippen molar-refractivity contribution in [2.24, 2.45) is 0 Å². The molecule has 146 valence electrons. The van der Waals surface area contributed by atoms with Crippen molar-refractivity contribution in [1.82, 2.24) is 9.80 Å².